The molecule has 1 aliphatic carbocycles. The lowest BCUT2D eigenvalue weighted by Gasteiger charge is -2.28. The number of nitrogens with zero attached hydrogens (tertiary/aromatic N) is 1. The molecule has 3 rings (SSSR count). The molecule has 1 saturated carbocycles. The maximum Gasteiger partial charge on any atom is 0.573 e. The number of unbranched alkanes of at least 4 members (excludes halogenated alkanes) is 1. The van der Waals surface area contributed by atoms with Crippen molar-refractivity contribution in [2.24, 2.45) is 0 Å². The van der Waals surface area contributed by atoms with Crippen LogP contribution in [-0.2, 0) is 21.4 Å². The number of benzene rings is 2. The van der Waals surface area contributed by atoms with Crippen molar-refractivity contribution < 1.29 is 32.6 Å². The number of ether oxygens (including phenoxy) is 1. The van der Waals surface area contributed by atoms with Crippen molar-refractivity contribution in [1.29, 1.82) is 0 Å². The molecule has 1 fully saturated rings. The minimum Gasteiger partial charge on any atom is -0.481 e. The second-order valence-electron chi connectivity index (χ2n) is 8.39. The van der Waals surface area contributed by atoms with Crippen molar-refractivity contribution in [3.8, 4) is 5.75 Å². The number of alkyl halides is 3. The number of carboxylic acids is 1. The van der Waals surface area contributed by atoms with Crippen molar-refractivity contribution >= 4 is 11.9 Å². The molecule has 178 valence electrons. The Morgan fingerprint density at radius 1 is 0.939 bits per heavy atom. The second kappa shape index (κ2) is 10.7. The van der Waals surface area contributed by atoms with Gasteiger partial charge in [0.2, 0.25) is 5.91 Å². The molecule has 33 heavy (non-hydrogen) atoms. The maximum atomic E-state index is 13.5. The maximum absolute atomic E-state index is 13.5. The van der Waals surface area contributed by atoms with E-state index in [4.69, 9.17) is 5.11 Å². The molecule has 0 atom stereocenters. The molecule has 0 heterocycles. The molecule has 0 spiro atoms. The van der Waals surface area contributed by atoms with Crippen molar-refractivity contribution in [3.05, 3.63) is 65.7 Å². The van der Waals surface area contributed by atoms with E-state index < -0.39 is 17.7 Å². The number of carboxylic acid groups (broad SMARTS) is 1. The molecule has 1 amide bonds. The molecule has 2 aromatic carbocycles. The molecule has 0 aliphatic heterocycles. The van der Waals surface area contributed by atoms with Crippen molar-refractivity contribution in [2.75, 3.05) is 13.1 Å². The second-order valence-corrected chi connectivity index (χ2v) is 8.39. The first-order chi connectivity index (χ1) is 15.7. The standard InChI is InChI=1S/C25H28F3NO4/c26-25(27,28)33-21-13-11-20(12-14-21)24(15-16-24)23(32)29(17-5-4-10-22(30)31)18-6-9-19-7-2-1-3-8-19/h1-3,7-8,11-14H,4-6,9-10,15-18H2,(H,30,31). The summed E-state index contributed by atoms with van der Waals surface area (Å²) in [5.41, 5.74) is 1.13. The number of hydrogen-bond acceptors (Lipinski definition) is 3. The van der Waals surface area contributed by atoms with Crippen LogP contribution in [0.5, 0.6) is 5.75 Å². The number of amides is 1. The topological polar surface area (TPSA) is 66.8 Å². The molecule has 2 aromatic rings. The van der Waals surface area contributed by atoms with Crippen LogP contribution in [-0.4, -0.2) is 41.3 Å². The highest BCUT2D eigenvalue weighted by Crippen LogP contribution is 2.50. The van der Waals surface area contributed by atoms with Crippen molar-refractivity contribution in [2.45, 2.75) is 56.7 Å². The molecule has 5 nitrogen and oxygen atoms in total. The van der Waals surface area contributed by atoms with Gasteiger partial charge in [0.1, 0.15) is 5.75 Å². The molecule has 0 aromatic heterocycles. The lowest BCUT2D eigenvalue weighted by atomic mass is 9.93. The van der Waals surface area contributed by atoms with Gasteiger partial charge >= 0.3 is 12.3 Å². The molecule has 0 saturated heterocycles. The van der Waals surface area contributed by atoms with E-state index in [1.807, 2.05) is 30.3 Å². The third-order valence-electron chi connectivity index (χ3n) is 5.89. The third kappa shape index (κ3) is 7.23. The summed E-state index contributed by atoms with van der Waals surface area (Å²) >= 11 is 0. The van der Waals surface area contributed by atoms with Crippen LogP contribution < -0.4 is 4.74 Å². The minimum absolute atomic E-state index is 0.0459. The summed E-state index contributed by atoms with van der Waals surface area (Å²) in [7, 11) is 0. The summed E-state index contributed by atoms with van der Waals surface area (Å²) in [4.78, 5) is 26.1. The Labute approximate surface area is 191 Å². The summed E-state index contributed by atoms with van der Waals surface area (Å²) in [6.45, 7) is 0.996. The number of carbonyl (C=O) groups is 2. The Morgan fingerprint density at radius 3 is 2.15 bits per heavy atom. The van der Waals surface area contributed by atoms with E-state index in [9.17, 15) is 22.8 Å². The first kappa shape index (κ1) is 24.6. The number of hydrogen-bond donors (Lipinski definition) is 1. The average Bonchev–Trinajstić information content (AvgIpc) is 3.57. The minimum atomic E-state index is -4.76. The van der Waals surface area contributed by atoms with Gasteiger partial charge in [0.15, 0.2) is 0 Å². The molecule has 0 radical (unpaired) electrons. The molecule has 0 unspecified atom stereocenters. The van der Waals surface area contributed by atoms with Crippen molar-refractivity contribution in [3.63, 3.8) is 0 Å². The summed E-state index contributed by atoms with van der Waals surface area (Å²) in [5, 5.41) is 8.88. The number of aryl methyl sites for hydroxylation is 1. The van der Waals surface area contributed by atoms with Gasteiger partial charge in [-0.25, -0.2) is 0 Å². The van der Waals surface area contributed by atoms with Gasteiger partial charge in [-0.15, -0.1) is 13.2 Å². The Kier molecular flexibility index (Phi) is 8.00. The van der Waals surface area contributed by atoms with Gasteiger partial charge in [-0.3, -0.25) is 9.59 Å². The van der Waals surface area contributed by atoms with Crippen LogP contribution in [0.25, 0.3) is 0 Å². The van der Waals surface area contributed by atoms with E-state index in [-0.39, 0.29) is 18.1 Å². The zero-order valence-corrected chi connectivity index (χ0v) is 18.3. The first-order valence-corrected chi connectivity index (χ1v) is 11.1. The SMILES string of the molecule is O=C(O)CCCCN(CCCc1ccccc1)C(=O)C1(c2ccc(OC(F)(F)F)cc2)CC1. The quantitative estimate of drug-likeness (QED) is 0.432. The highest BCUT2D eigenvalue weighted by Gasteiger charge is 2.52. The number of rotatable bonds is 12. The van der Waals surface area contributed by atoms with Crippen LogP contribution in [0.3, 0.4) is 0 Å². The predicted octanol–water partition coefficient (Wildman–Crippen LogP) is 5.33. The van der Waals surface area contributed by atoms with Gasteiger partial charge in [0.25, 0.3) is 0 Å². The summed E-state index contributed by atoms with van der Waals surface area (Å²) in [6.07, 6.45) is -0.797. The molecular weight excluding hydrogens is 435 g/mol. The smallest absolute Gasteiger partial charge is 0.481 e. The summed E-state index contributed by atoms with van der Waals surface area (Å²) in [5.74, 6) is -1.23. The molecule has 1 aliphatic rings. The zero-order valence-electron chi connectivity index (χ0n) is 18.3. The van der Waals surface area contributed by atoms with Crippen LogP contribution in [0.2, 0.25) is 0 Å². The lowest BCUT2D eigenvalue weighted by molar-refractivity contribution is -0.274. The predicted molar refractivity (Wildman–Crippen MR) is 117 cm³/mol. The first-order valence-electron chi connectivity index (χ1n) is 11.1. The zero-order chi connectivity index (χ0) is 23.9. The third-order valence-corrected chi connectivity index (χ3v) is 5.89. The number of carbonyl (C=O) groups excluding carboxylic acids is 1. The Bertz CT molecular complexity index is 925. The van der Waals surface area contributed by atoms with E-state index in [0.29, 0.717) is 44.3 Å². The van der Waals surface area contributed by atoms with Crippen LogP contribution in [0.4, 0.5) is 13.2 Å². The Morgan fingerprint density at radius 2 is 1.58 bits per heavy atom. The van der Waals surface area contributed by atoms with Gasteiger partial charge < -0.3 is 14.7 Å². The summed E-state index contributed by atoms with van der Waals surface area (Å²) in [6, 6.07) is 15.5. The van der Waals surface area contributed by atoms with Gasteiger partial charge in [-0.2, -0.15) is 0 Å². The molecule has 1 N–H and O–H groups in total. The van der Waals surface area contributed by atoms with Crippen LogP contribution in [0.15, 0.2) is 54.6 Å². The Hall–Kier alpha value is -3.03. The fourth-order valence-electron chi connectivity index (χ4n) is 4.04. The van der Waals surface area contributed by atoms with Gasteiger partial charge in [-0.05, 0) is 61.8 Å². The lowest BCUT2D eigenvalue weighted by Crippen LogP contribution is -2.40. The number of aliphatic carboxylic acids is 1. The van der Waals surface area contributed by atoms with E-state index >= 15 is 0 Å². The van der Waals surface area contributed by atoms with Gasteiger partial charge in [0.05, 0.1) is 5.41 Å². The van der Waals surface area contributed by atoms with Crippen LogP contribution >= 0.6 is 0 Å². The fraction of sp³-hybridized carbons (Fsp3) is 0.440. The van der Waals surface area contributed by atoms with E-state index in [1.54, 1.807) is 4.90 Å². The van der Waals surface area contributed by atoms with Gasteiger partial charge in [-0.1, -0.05) is 42.5 Å². The molecule has 0 bridgehead atoms. The van der Waals surface area contributed by atoms with Crippen molar-refractivity contribution in [1.82, 2.24) is 4.90 Å². The summed E-state index contributed by atoms with van der Waals surface area (Å²) < 4.78 is 41.3. The average molecular weight is 463 g/mol. The largest absolute Gasteiger partial charge is 0.573 e. The molecule has 8 heteroatoms. The van der Waals surface area contributed by atoms with Crippen LogP contribution in [0.1, 0.15) is 49.7 Å². The molecular formula is C25H28F3NO4. The normalized spacial score (nSPS) is 14.5. The van der Waals surface area contributed by atoms with Crippen LogP contribution in [0, 0.1) is 0 Å². The Balaban J connectivity index is 1.67. The number of halogens is 3. The van der Waals surface area contributed by atoms with Gasteiger partial charge in [0, 0.05) is 19.5 Å². The van der Waals surface area contributed by atoms with E-state index in [2.05, 4.69) is 4.74 Å². The van der Waals surface area contributed by atoms with E-state index in [0.717, 1.165) is 12.8 Å². The van der Waals surface area contributed by atoms with E-state index in [1.165, 1.54) is 29.8 Å². The monoisotopic (exact) mass is 463 g/mol. The highest BCUT2D eigenvalue weighted by molar-refractivity contribution is 5.91. The highest BCUT2D eigenvalue weighted by atomic mass is 19.4. The fourth-order valence-corrected chi connectivity index (χ4v) is 4.04.